The van der Waals surface area contributed by atoms with Crippen LogP contribution in [-0.2, 0) is 0 Å². The molecule has 1 aliphatic heterocycles. The minimum Gasteiger partial charge on any atom is -0.396 e. The summed E-state index contributed by atoms with van der Waals surface area (Å²) in [5, 5.41) is 19.9. The van der Waals surface area contributed by atoms with Gasteiger partial charge in [0.15, 0.2) is 0 Å². The standard InChI is InChI=1S/C9H11ClN4O3/c10-9-11-3-7(14(16)17)8(12-9)13-2-1-6(4-13)5-15/h3,6,15H,1-2,4-5H2. The van der Waals surface area contributed by atoms with Crippen molar-refractivity contribution in [3.63, 3.8) is 0 Å². The zero-order valence-corrected chi connectivity index (χ0v) is 9.67. The number of nitro groups is 1. The Morgan fingerprint density at radius 2 is 2.47 bits per heavy atom. The van der Waals surface area contributed by atoms with Crippen molar-refractivity contribution in [2.45, 2.75) is 6.42 Å². The van der Waals surface area contributed by atoms with Crippen LogP contribution in [0.4, 0.5) is 11.5 Å². The van der Waals surface area contributed by atoms with Crippen LogP contribution in [0.5, 0.6) is 0 Å². The summed E-state index contributed by atoms with van der Waals surface area (Å²) in [6, 6.07) is 0. The minimum absolute atomic E-state index is 0.0157. The number of nitrogens with zero attached hydrogens (tertiary/aromatic N) is 4. The Kier molecular flexibility index (Phi) is 3.39. The lowest BCUT2D eigenvalue weighted by atomic mass is 10.1. The molecule has 7 nitrogen and oxygen atoms in total. The summed E-state index contributed by atoms with van der Waals surface area (Å²) in [6.07, 6.45) is 1.90. The first kappa shape index (κ1) is 12.0. The number of hydrogen-bond acceptors (Lipinski definition) is 6. The molecule has 2 heterocycles. The molecule has 0 aliphatic carbocycles. The number of aromatic nitrogens is 2. The summed E-state index contributed by atoms with van der Waals surface area (Å²) in [4.78, 5) is 19.6. The molecule has 1 aliphatic rings. The second-order valence-corrected chi connectivity index (χ2v) is 4.23. The van der Waals surface area contributed by atoms with Gasteiger partial charge in [0.1, 0.15) is 6.20 Å². The van der Waals surface area contributed by atoms with Gasteiger partial charge in [-0.1, -0.05) is 0 Å². The highest BCUT2D eigenvalue weighted by atomic mass is 35.5. The molecular weight excluding hydrogens is 248 g/mol. The first-order chi connectivity index (χ1) is 8.11. The summed E-state index contributed by atoms with van der Waals surface area (Å²) >= 11 is 5.65. The lowest BCUT2D eigenvalue weighted by Crippen LogP contribution is -2.23. The van der Waals surface area contributed by atoms with Crippen LogP contribution in [0, 0.1) is 16.0 Å². The molecule has 1 atom stereocenters. The zero-order chi connectivity index (χ0) is 12.4. The van der Waals surface area contributed by atoms with Crippen LogP contribution in [0.2, 0.25) is 5.28 Å². The number of rotatable bonds is 3. The molecule has 0 aromatic carbocycles. The van der Waals surface area contributed by atoms with Crippen LogP contribution < -0.4 is 4.90 Å². The Morgan fingerprint density at radius 1 is 1.71 bits per heavy atom. The Balaban J connectivity index is 2.31. The van der Waals surface area contributed by atoms with Gasteiger partial charge < -0.3 is 10.0 Å². The van der Waals surface area contributed by atoms with E-state index >= 15 is 0 Å². The third kappa shape index (κ3) is 2.45. The highest BCUT2D eigenvalue weighted by Gasteiger charge is 2.29. The van der Waals surface area contributed by atoms with Crippen molar-refractivity contribution >= 4 is 23.1 Å². The van der Waals surface area contributed by atoms with Crippen molar-refractivity contribution in [2.75, 3.05) is 24.6 Å². The lowest BCUT2D eigenvalue weighted by molar-refractivity contribution is -0.384. The second kappa shape index (κ2) is 4.80. The molecule has 8 heteroatoms. The topological polar surface area (TPSA) is 92.4 Å². The third-order valence-electron chi connectivity index (χ3n) is 2.76. The molecule has 92 valence electrons. The van der Waals surface area contributed by atoms with E-state index in [1.807, 2.05) is 0 Å². The monoisotopic (exact) mass is 258 g/mol. The highest BCUT2D eigenvalue weighted by Crippen LogP contribution is 2.30. The normalized spacial score (nSPS) is 19.6. The maximum absolute atomic E-state index is 10.8. The lowest BCUT2D eigenvalue weighted by Gasteiger charge is -2.16. The third-order valence-corrected chi connectivity index (χ3v) is 2.94. The fourth-order valence-electron chi connectivity index (χ4n) is 1.88. The first-order valence-corrected chi connectivity index (χ1v) is 5.52. The van der Waals surface area contributed by atoms with Crippen molar-refractivity contribution in [2.24, 2.45) is 5.92 Å². The number of hydrogen-bond donors (Lipinski definition) is 1. The SMILES string of the molecule is O=[N+]([O-])c1cnc(Cl)nc1N1CCC(CO)C1. The van der Waals surface area contributed by atoms with E-state index in [-0.39, 0.29) is 29.3 Å². The Morgan fingerprint density at radius 3 is 3.06 bits per heavy atom. The fraction of sp³-hybridized carbons (Fsp3) is 0.556. The average molecular weight is 259 g/mol. The van der Waals surface area contributed by atoms with E-state index in [2.05, 4.69) is 9.97 Å². The molecule has 0 bridgehead atoms. The van der Waals surface area contributed by atoms with Crippen LogP contribution in [-0.4, -0.2) is 39.7 Å². The van der Waals surface area contributed by atoms with E-state index in [4.69, 9.17) is 16.7 Å². The number of anilines is 1. The maximum Gasteiger partial charge on any atom is 0.329 e. The van der Waals surface area contributed by atoms with Gasteiger partial charge in [0.05, 0.1) is 4.92 Å². The van der Waals surface area contributed by atoms with E-state index in [0.29, 0.717) is 13.1 Å². The van der Waals surface area contributed by atoms with Crippen LogP contribution in [0.3, 0.4) is 0 Å². The van der Waals surface area contributed by atoms with Gasteiger partial charge in [-0.25, -0.2) is 4.98 Å². The molecule has 1 saturated heterocycles. The predicted molar refractivity (Wildman–Crippen MR) is 61.1 cm³/mol. The Hall–Kier alpha value is -1.47. The van der Waals surface area contributed by atoms with Gasteiger partial charge in [-0.2, -0.15) is 4.98 Å². The van der Waals surface area contributed by atoms with Crippen LogP contribution >= 0.6 is 11.6 Å². The summed E-state index contributed by atoms with van der Waals surface area (Å²) in [5.41, 5.74) is -0.159. The molecule has 1 N–H and O–H groups in total. The summed E-state index contributed by atoms with van der Waals surface area (Å²) in [6.45, 7) is 1.24. The van der Waals surface area contributed by atoms with E-state index in [9.17, 15) is 10.1 Å². The van der Waals surface area contributed by atoms with Crippen molar-refractivity contribution in [1.82, 2.24) is 9.97 Å². The molecule has 0 saturated carbocycles. The maximum atomic E-state index is 10.8. The molecule has 0 radical (unpaired) electrons. The zero-order valence-electron chi connectivity index (χ0n) is 8.91. The quantitative estimate of drug-likeness (QED) is 0.491. The molecule has 2 rings (SSSR count). The number of aliphatic hydroxyl groups is 1. The predicted octanol–water partition coefficient (Wildman–Crippen LogP) is 0.857. The van der Waals surface area contributed by atoms with E-state index in [0.717, 1.165) is 12.6 Å². The molecule has 1 aromatic rings. The van der Waals surface area contributed by atoms with Gasteiger partial charge in [-0.15, -0.1) is 0 Å². The number of halogens is 1. The molecule has 0 spiro atoms. The van der Waals surface area contributed by atoms with Crippen molar-refractivity contribution in [1.29, 1.82) is 0 Å². The van der Waals surface area contributed by atoms with Gasteiger partial charge in [0.2, 0.25) is 11.1 Å². The molecule has 17 heavy (non-hydrogen) atoms. The Labute approximate surface area is 102 Å². The van der Waals surface area contributed by atoms with E-state index < -0.39 is 4.92 Å². The van der Waals surface area contributed by atoms with E-state index in [1.54, 1.807) is 4.90 Å². The molecule has 0 amide bonds. The van der Waals surface area contributed by atoms with Crippen molar-refractivity contribution < 1.29 is 10.0 Å². The highest BCUT2D eigenvalue weighted by molar-refractivity contribution is 6.28. The average Bonchev–Trinajstić information content (AvgIpc) is 2.76. The van der Waals surface area contributed by atoms with Gasteiger partial charge >= 0.3 is 5.69 Å². The van der Waals surface area contributed by atoms with Gasteiger partial charge in [-0.05, 0) is 18.0 Å². The second-order valence-electron chi connectivity index (χ2n) is 3.89. The summed E-state index contributed by atoms with van der Waals surface area (Å²) < 4.78 is 0. The first-order valence-electron chi connectivity index (χ1n) is 5.14. The Bertz CT molecular complexity index is 442. The largest absolute Gasteiger partial charge is 0.396 e. The van der Waals surface area contributed by atoms with E-state index in [1.165, 1.54) is 0 Å². The van der Waals surface area contributed by atoms with Gasteiger partial charge in [-0.3, -0.25) is 10.1 Å². The van der Waals surface area contributed by atoms with Crippen LogP contribution in [0.1, 0.15) is 6.42 Å². The number of aliphatic hydroxyl groups excluding tert-OH is 1. The summed E-state index contributed by atoms with van der Waals surface area (Å²) in [5.74, 6) is 0.356. The smallest absolute Gasteiger partial charge is 0.329 e. The van der Waals surface area contributed by atoms with Crippen LogP contribution in [0.15, 0.2) is 6.20 Å². The van der Waals surface area contributed by atoms with Gasteiger partial charge in [0.25, 0.3) is 0 Å². The van der Waals surface area contributed by atoms with Gasteiger partial charge in [0, 0.05) is 25.6 Å². The van der Waals surface area contributed by atoms with Crippen LogP contribution in [0.25, 0.3) is 0 Å². The minimum atomic E-state index is -0.530. The van der Waals surface area contributed by atoms with Crippen molar-refractivity contribution in [3.8, 4) is 0 Å². The molecule has 1 aromatic heterocycles. The summed E-state index contributed by atoms with van der Waals surface area (Å²) in [7, 11) is 0. The fourth-order valence-corrected chi connectivity index (χ4v) is 2.01. The molecule has 1 fully saturated rings. The van der Waals surface area contributed by atoms with Crippen molar-refractivity contribution in [3.05, 3.63) is 21.6 Å². The molecule has 1 unspecified atom stereocenters. The molecular formula is C9H11ClN4O3.